The fourth-order valence-electron chi connectivity index (χ4n) is 4.68. The molecule has 3 amide bonds. The lowest BCUT2D eigenvalue weighted by Crippen LogP contribution is -2.50. The smallest absolute Gasteiger partial charge is 0.273 e. The lowest BCUT2D eigenvalue weighted by Gasteiger charge is -2.29. The number of hydrogen-bond donors (Lipinski definition) is 3. The lowest BCUT2D eigenvalue weighted by atomic mass is 10.1. The van der Waals surface area contributed by atoms with Crippen molar-refractivity contribution in [2.75, 3.05) is 10.6 Å². The van der Waals surface area contributed by atoms with E-state index in [-0.39, 0.29) is 40.2 Å². The molecule has 8 nitrogen and oxygen atoms in total. The van der Waals surface area contributed by atoms with Gasteiger partial charge in [0.15, 0.2) is 5.69 Å². The second kappa shape index (κ2) is 10.7. The Bertz CT molecular complexity index is 1050. The summed E-state index contributed by atoms with van der Waals surface area (Å²) in [7, 11) is 0. The van der Waals surface area contributed by atoms with Gasteiger partial charge in [0.2, 0.25) is 5.91 Å². The molecule has 0 bridgehead atoms. The van der Waals surface area contributed by atoms with Crippen molar-refractivity contribution in [2.45, 2.75) is 76.4 Å². The van der Waals surface area contributed by atoms with Crippen LogP contribution in [0.4, 0.5) is 11.4 Å². The first-order chi connectivity index (χ1) is 16.3. The second-order valence-corrected chi connectivity index (χ2v) is 10.3. The zero-order valence-electron chi connectivity index (χ0n) is 19.2. The van der Waals surface area contributed by atoms with Crippen LogP contribution in [0.15, 0.2) is 24.3 Å². The predicted octanol–water partition coefficient (Wildman–Crippen LogP) is 4.15. The van der Waals surface area contributed by atoms with Crippen molar-refractivity contribution in [2.24, 2.45) is 0 Å². The van der Waals surface area contributed by atoms with Crippen molar-refractivity contribution in [1.82, 2.24) is 15.0 Å². The highest BCUT2D eigenvalue weighted by Gasteiger charge is 2.34. The van der Waals surface area contributed by atoms with Gasteiger partial charge >= 0.3 is 0 Å². The van der Waals surface area contributed by atoms with Gasteiger partial charge in [-0.3, -0.25) is 19.3 Å². The number of nitrogens with two attached hydrogens (primary N) is 1. The van der Waals surface area contributed by atoms with E-state index in [1.807, 2.05) is 0 Å². The van der Waals surface area contributed by atoms with E-state index in [2.05, 4.69) is 15.0 Å². The van der Waals surface area contributed by atoms with Crippen molar-refractivity contribution >= 4 is 52.2 Å². The largest absolute Gasteiger partial charge is 0.395 e. The number of hydrogen-bond acceptors (Lipinski definition) is 6. The number of nitrogen functional groups attached to an aromatic ring is 1. The summed E-state index contributed by atoms with van der Waals surface area (Å²) in [4.78, 5) is 41.0. The monoisotopic (exact) mass is 503 g/mol. The highest BCUT2D eigenvalue weighted by molar-refractivity contribution is 7.09. The van der Waals surface area contributed by atoms with Gasteiger partial charge in [-0.15, -0.1) is 0 Å². The molecule has 4 N–H and O–H groups in total. The Morgan fingerprint density at radius 1 is 1.03 bits per heavy atom. The van der Waals surface area contributed by atoms with Crippen molar-refractivity contribution in [3.63, 3.8) is 0 Å². The SMILES string of the molecule is C[C@@H](C(=O)NC1CCCC1)N(C(=O)c1snc(C(=O)NC2CCCC2)c1N)c1ccc(Cl)cc1. The fraction of sp³-hybridized carbons (Fsp3) is 0.500. The van der Waals surface area contributed by atoms with Gasteiger partial charge in [0.1, 0.15) is 10.9 Å². The van der Waals surface area contributed by atoms with Gasteiger partial charge in [-0.1, -0.05) is 37.3 Å². The summed E-state index contributed by atoms with van der Waals surface area (Å²) in [5.41, 5.74) is 6.84. The third-order valence-electron chi connectivity index (χ3n) is 6.62. The molecule has 182 valence electrons. The molecule has 2 saturated carbocycles. The molecule has 1 aromatic carbocycles. The van der Waals surface area contributed by atoms with Crippen LogP contribution in [0.2, 0.25) is 5.02 Å². The third kappa shape index (κ3) is 5.36. The maximum Gasteiger partial charge on any atom is 0.273 e. The molecule has 2 aliphatic rings. The van der Waals surface area contributed by atoms with Crippen molar-refractivity contribution in [1.29, 1.82) is 0 Å². The summed E-state index contributed by atoms with van der Waals surface area (Å²) >= 11 is 6.92. The number of benzene rings is 1. The molecule has 2 fully saturated rings. The average molecular weight is 504 g/mol. The Morgan fingerprint density at radius 3 is 2.18 bits per heavy atom. The van der Waals surface area contributed by atoms with Gasteiger partial charge in [0.05, 0.1) is 5.69 Å². The van der Waals surface area contributed by atoms with Crippen LogP contribution in [0.5, 0.6) is 0 Å². The van der Waals surface area contributed by atoms with Gasteiger partial charge in [-0.25, -0.2) is 0 Å². The lowest BCUT2D eigenvalue weighted by molar-refractivity contribution is -0.122. The standard InChI is InChI=1S/C24H30ClN5O3S/c1-14(22(31)27-16-6-2-3-7-16)30(18-12-10-15(25)11-13-18)24(33)21-19(26)20(29-34-21)23(32)28-17-8-4-5-9-17/h10-14,16-17H,2-9,26H2,1H3,(H,27,31)(H,28,32)/t14-/m0/s1. The number of carbonyl (C=O) groups is 3. The average Bonchev–Trinajstić information content (AvgIpc) is 3.58. The Morgan fingerprint density at radius 2 is 1.59 bits per heavy atom. The number of carbonyl (C=O) groups excluding carboxylic acids is 3. The number of nitrogens with zero attached hydrogens (tertiary/aromatic N) is 2. The second-order valence-electron chi connectivity index (χ2n) is 9.05. The number of amides is 3. The molecular weight excluding hydrogens is 474 g/mol. The first kappa shape index (κ1) is 24.5. The summed E-state index contributed by atoms with van der Waals surface area (Å²) in [5, 5.41) is 6.53. The minimum atomic E-state index is -0.799. The number of anilines is 2. The quantitative estimate of drug-likeness (QED) is 0.524. The third-order valence-corrected chi connectivity index (χ3v) is 7.72. The van der Waals surface area contributed by atoms with Gasteiger partial charge in [0.25, 0.3) is 11.8 Å². The molecule has 34 heavy (non-hydrogen) atoms. The van der Waals surface area contributed by atoms with Crippen LogP contribution in [-0.2, 0) is 4.79 Å². The van der Waals surface area contributed by atoms with E-state index >= 15 is 0 Å². The first-order valence-corrected chi connectivity index (χ1v) is 13.0. The van der Waals surface area contributed by atoms with Gasteiger partial charge < -0.3 is 16.4 Å². The molecule has 1 heterocycles. The van der Waals surface area contributed by atoms with E-state index in [9.17, 15) is 14.4 Å². The van der Waals surface area contributed by atoms with E-state index in [0.717, 1.165) is 62.9 Å². The summed E-state index contributed by atoms with van der Waals surface area (Å²) in [6, 6.07) is 6.13. The van der Waals surface area contributed by atoms with Gasteiger partial charge in [0, 0.05) is 22.8 Å². The normalized spacial score (nSPS) is 17.5. The molecule has 2 aliphatic carbocycles. The molecule has 4 rings (SSSR count). The van der Waals surface area contributed by atoms with Gasteiger partial charge in [-0.05, 0) is 68.4 Å². The number of rotatable bonds is 7. The van der Waals surface area contributed by atoms with Crippen LogP contribution >= 0.6 is 23.1 Å². The maximum absolute atomic E-state index is 13.7. The molecule has 0 saturated heterocycles. The van der Waals surface area contributed by atoms with Crippen LogP contribution in [0, 0.1) is 0 Å². The number of nitrogens with one attached hydrogen (secondary N) is 2. The van der Waals surface area contributed by atoms with Gasteiger partial charge in [-0.2, -0.15) is 4.37 Å². The van der Waals surface area contributed by atoms with Crippen molar-refractivity contribution in [3.8, 4) is 0 Å². The topological polar surface area (TPSA) is 117 Å². The van der Waals surface area contributed by atoms with Crippen molar-refractivity contribution in [3.05, 3.63) is 39.9 Å². The van der Waals surface area contributed by atoms with Crippen LogP contribution < -0.4 is 21.3 Å². The van der Waals surface area contributed by atoms with Crippen LogP contribution in [0.1, 0.15) is 78.5 Å². The predicted molar refractivity (Wildman–Crippen MR) is 134 cm³/mol. The van der Waals surface area contributed by atoms with E-state index in [1.165, 1.54) is 4.90 Å². The molecule has 1 atom stereocenters. The summed E-state index contributed by atoms with van der Waals surface area (Å²) in [6.45, 7) is 1.68. The molecule has 2 aromatic rings. The molecular formula is C24H30ClN5O3S. The Labute approximate surface area is 208 Å². The minimum absolute atomic E-state index is 0.0351. The van der Waals surface area contributed by atoms with E-state index in [4.69, 9.17) is 17.3 Å². The molecule has 1 aromatic heterocycles. The minimum Gasteiger partial charge on any atom is -0.395 e. The van der Waals surface area contributed by atoms with Crippen LogP contribution in [-0.4, -0.2) is 40.2 Å². The molecule has 0 aliphatic heterocycles. The molecule has 0 unspecified atom stereocenters. The summed E-state index contributed by atoms with van der Waals surface area (Å²) in [5.74, 6) is -1.09. The van der Waals surface area contributed by atoms with E-state index < -0.39 is 11.9 Å². The maximum atomic E-state index is 13.7. The number of halogens is 1. The van der Waals surface area contributed by atoms with Crippen molar-refractivity contribution < 1.29 is 14.4 Å². The zero-order chi connectivity index (χ0) is 24.2. The molecule has 0 radical (unpaired) electrons. The van der Waals surface area contributed by atoms with E-state index in [0.29, 0.717) is 10.7 Å². The highest BCUT2D eigenvalue weighted by atomic mass is 35.5. The zero-order valence-corrected chi connectivity index (χ0v) is 20.8. The molecule has 0 spiro atoms. The van der Waals surface area contributed by atoms with E-state index in [1.54, 1.807) is 31.2 Å². The fourth-order valence-corrected chi connectivity index (χ4v) is 5.54. The Balaban J connectivity index is 1.58. The number of aromatic nitrogens is 1. The Kier molecular flexibility index (Phi) is 7.73. The first-order valence-electron chi connectivity index (χ1n) is 11.8. The summed E-state index contributed by atoms with van der Waals surface area (Å²) < 4.78 is 4.19. The Hall–Kier alpha value is -2.65. The summed E-state index contributed by atoms with van der Waals surface area (Å²) in [6.07, 6.45) is 8.07. The van der Waals surface area contributed by atoms with Crippen LogP contribution in [0.25, 0.3) is 0 Å². The van der Waals surface area contributed by atoms with Crippen LogP contribution in [0.3, 0.4) is 0 Å². The molecule has 10 heteroatoms. The highest BCUT2D eigenvalue weighted by Crippen LogP contribution is 2.29.